The van der Waals surface area contributed by atoms with Crippen LogP contribution in [-0.4, -0.2) is 52.6 Å². The Bertz CT molecular complexity index is 1470. The van der Waals surface area contributed by atoms with Gasteiger partial charge in [0.05, 0.1) is 30.5 Å². The summed E-state index contributed by atoms with van der Waals surface area (Å²) in [7, 11) is 0. The average molecular weight is 564 g/mol. The maximum atomic E-state index is 13.5. The van der Waals surface area contributed by atoms with E-state index in [4.69, 9.17) is 14.2 Å². The summed E-state index contributed by atoms with van der Waals surface area (Å²) in [5.74, 6) is -1.85. The van der Waals surface area contributed by atoms with E-state index in [9.17, 15) is 19.5 Å². The van der Waals surface area contributed by atoms with Crippen LogP contribution in [0.2, 0.25) is 0 Å². The number of pyridine rings is 1. The summed E-state index contributed by atoms with van der Waals surface area (Å²) in [5, 5.41) is 11.4. The van der Waals surface area contributed by atoms with Crippen molar-refractivity contribution in [2.75, 3.05) is 24.7 Å². The molecule has 40 heavy (non-hydrogen) atoms. The highest BCUT2D eigenvalue weighted by Crippen LogP contribution is 2.45. The monoisotopic (exact) mass is 563 g/mol. The van der Waals surface area contributed by atoms with Crippen LogP contribution in [0.25, 0.3) is 5.76 Å². The van der Waals surface area contributed by atoms with Crippen molar-refractivity contribution in [1.29, 1.82) is 0 Å². The lowest BCUT2D eigenvalue weighted by Gasteiger charge is -2.24. The van der Waals surface area contributed by atoms with Crippen LogP contribution >= 0.6 is 11.3 Å². The first-order chi connectivity index (χ1) is 19.3. The smallest absolute Gasteiger partial charge is 0.350 e. The predicted molar refractivity (Wildman–Crippen MR) is 150 cm³/mol. The largest absolute Gasteiger partial charge is 0.507 e. The second-order valence-corrected chi connectivity index (χ2v) is 9.67. The number of aryl methyl sites for hydroxylation is 1. The molecule has 1 fully saturated rings. The van der Waals surface area contributed by atoms with Crippen molar-refractivity contribution in [2.45, 2.75) is 33.2 Å². The molecule has 1 atom stereocenters. The third-order valence-electron chi connectivity index (χ3n) is 5.95. The molecule has 208 valence electrons. The van der Waals surface area contributed by atoms with Gasteiger partial charge in [-0.3, -0.25) is 19.5 Å². The number of anilines is 1. The first-order valence-electron chi connectivity index (χ1n) is 12.7. The van der Waals surface area contributed by atoms with Gasteiger partial charge in [0, 0.05) is 18.0 Å². The Labute approximate surface area is 235 Å². The number of esters is 1. The van der Waals surface area contributed by atoms with Crippen molar-refractivity contribution < 1.29 is 33.7 Å². The zero-order valence-corrected chi connectivity index (χ0v) is 23.2. The average Bonchev–Trinajstić information content (AvgIpc) is 3.47. The molecule has 4 rings (SSSR count). The number of hydrogen-bond acceptors (Lipinski definition) is 10. The van der Waals surface area contributed by atoms with Gasteiger partial charge in [-0.25, -0.2) is 9.78 Å². The lowest BCUT2D eigenvalue weighted by molar-refractivity contribution is -0.132. The minimum Gasteiger partial charge on any atom is -0.507 e. The van der Waals surface area contributed by atoms with E-state index >= 15 is 0 Å². The first-order valence-corrected chi connectivity index (χ1v) is 13.5. The highest BCUT2D eigenvalue weighted by Gasteiger charge is 2.48. The standard InChI is InChI=1S/C29H29N3O7S/c1-5-14-38-20-9-8-19(16-21(20)37-7-3)23-22(24(33)18-10-12-30-13-11-18)25(34)27(35)32(23)29-31-17(4)26(40-29)28(36)39-15-6-2/h6,8-13,16,23,33H,2,5,7,14-15H2,1,3-4H3/b24-22+. The molecule has 0 bridgehead atoms. The van der Waals surface area contributed by atoms with Crippen molar-refractivity contribution in [3.8, 4) is 11.5 Å². The zero-order chi connectivity index (χ0) is 28.8. The number of amides is 1. The van der Waals surface area contributed by atoms with E-state index < -0.39 is 23.7 Å². The van der Waals surface area contributed by atoms with Crippen molar-refractivity contribution in [3.63, 3.8) is 0 Å². The normalized spacial score (nSPS) is 16.2. The molecule has 3 aromatic rings. The van der Waals surface area contributed by atoms with Crippen molar-refractivity contribution in [2.24, 2.45) is 0 Å². The Morgan fingerprint density at radius 3 is 2.58 bits per heavy atom. The third-order valence-corrected chi connectivity index (χ3v) is 7.09. The topological polar surface area (TPSA) is 128 Å². The maximum absolute atomic E-state index is 13.5. The molecule has 0 spiro atoms. The zero-order valence-electron chi connectivity index (χ0n) is 22.4. The Hall–Kier alpha value is -4.51. The number of ether oxygens (including phenoxy) is 3. The molecule has 0 saturated carbocycles. The van der Waals surface area contributed by atoms with E-state index in [1.165, 1.54) is 35.5 Å². The van der Waals surface area contributed by atoms with E-state index in [1.807, 2.05) is 13.8 Å². The number of Topliss-reactive ketones (excluding diaryl/α,β-unsaturated/α-hetero) is 1. The number of thiazole rings is 1. The predicted octanol–water partition coefficient (Wildman–Crippen LogP) is 5.00. The third kappa shape index (κ3) is 5.59. The Kier molecular flexibility index (Phi) is 8.95. The number of benzene rings is 1. The summed E-state index contributed by atoms with van der Waals surface area (Å²) in [6.07, 6.45) is 5.17. The lowest BCUT2D eigenvalue weighted by atomic mass is 9.95. The van der Waals surface area contributed by atoms with Crippen LogP contribution in [0.4, 0.5) is 5.13 Å². The molecule has 1 aliphatic heterocycles. The number of nitrogens with zero attached hydrogens (tertiary/aromatic N) is 3. The minimum atomic E-state index is -1.07. The summed E-state index contributed by atoms with van der Waals surface area (Å²) < 4.78 is 16.8. The number of aliphatic hydroxyl groups is 1. The molecular weight excluding hydrogens is 534 g/mol. The second kappa shape index (κ2) is 12.6. The van der Waals surface area contributed by atoms with Gasteiger partial charge in [0.1, 0.15) is 17.2 Å². The highest BCUT2D eigenvalue weighted by molar-refractivity contribution is 7.17. The summed E-state index contributed by atoms with van der Waals surface area (Å²) in [6.45, 7) is 9.80. The van der Waals surface area contributed by atoms with E-state index in [-0.39, 0.29) is 27.9 Å². The van der Waals surface area contributed by atoms with Crippen LogP contribution in [0.5, 0.6) is 11.5 Å². The fourth-order valence-electron chi connectivity index (χ4n) is 4.18. The molecule has 2 aromatic heterocycles. The van der Waals surface area contributed by atoms with Crippen LogP contribution < -0.4 is 14.4 Å². The molecule has 1 unspecified atom stereocenters. The van der Waals surface area contributed by atoms with Gasteiger partial charge < -0.3 is 19.3 Å². The number of rotatable bonds is 11. The highest BCUT2D eigenvalue weighted by atomic mass is 32.1. The van der Waals surface area contributed by atoms with E-state index in [2.05, 4.69) is 16.5 Å². The van der Waals surface area contributed by atoms with E-state index in [0.29, 0.717) is 41.5 Å². The molecule has 10 nitrogen and oxygen atoms in total. The first kappa shape index (κ1) is 28.5. The Morgan fingerprint density at radius 1 is 1.15 bits per heavy atom. The van der Waals surface area contributed by atoms with Crippen molar-refractivity contribution in [1.82, 2.24) is 9.97 Å². The number of carbonyl (C=O) groups excluding carboxylic acids is 3. The Balaban J connectivity index is 1.90. The molecule has 1 N–H and O–H groups in total. The van der Waals surface area contributed by atoms with Gasteiger partial charge in [-0.05, 0) is 50.1 Å². The molecule has 1 aliphatic rings. The van der Waals surface area contributed by atoms with Crippen molar-refractivity contribution in [3.05, 3.63) is 82.7 Å². The van der Waals surface area contributed by atoms with Crippen LogP contribution in [0.1, 0.15) is 52.8 Å². The van der Waals surface area contributed by atoms with E-state index in [1.54, 1.807) is 25.1 Å². The number of hydrogen-bond donors (Lipinski definition) is 1. The fourth-order valence-corrected chi connectivity index (χ4v) is 5.17. The summed E-state index contributed by atoms with van der Waals surface area (Å²) >= 11 is 0.921. The van der Waals surface area contributed by atoms with Gasteiger partial charge in [0.15, 0.2) is 16.6 Å². The summed E-state index contributed by atoms with van der Waals surface area (Å²) in [6, 6.07) is 7.08. The quantitative estimate of drug-likeness (QED) is 0.113. The molecule has 1 aromatic carbocycles. The van der Waals surface area contributed by atoms with Crippen LogP contribution in [0.15, 0.2) is 61.0 Å². The molecule has 1 saturated heterocycles. The van der Waals surface area contributed by atoms with Crippen LogP contribution in [0.3, 0.4) is 0 Å². The maximum Gasteiger partial charge on any atom is 0.350 e. The van der Waals surface area contributed by atoms with Crippen LogP contribution in [-0.2, 0) is 14.3 Å². The van der Waals surface area contributed by atoms with Gasteiger partial charge >= 0.3 is 11.9 Å². The lowest BCUT2D eigenvalue weighted by Crippen LogP contribution is -2.29. The van der Waals surface area contributed by atoms with Crippen molar-refractivity contribution >= 4 is 39.9 Å². The summed E-state index contributed by atoms with van der Waals surface area (Å²) in [4.78, 5) is 49.4. The fraction of sp³-hybridized carbons (Fsp3) is 0.276. The molecule has 0 radical (unpaired) electrons. The molecule has 11 heteroatoms. The number of ketones is 1. The Morgan fingerprint density at radius 2 is 1.90 bits per heavy atom. The SMILES string of the molecule is C=CCOC(=O)c1sc(N2C(=O)C(=O)/C(=C(/O)c3ccncc3)C2c2ccc(OCCC)c(OCC)c2)nc1C. The summed E-state index contributed by atoms with van der Waals surface area (Å²) in [5.41, 5.74) is 0.993. The number of carbonyl (C=O) groups is 3. The van der Waals surface area contributed by atoms with Gasteiger partial charge in [-0.2, -0.15) is 0 Å². The van der Waals surface area contributed by atoms with Crippen LogP contribution in [0, 0.1) is 6.92 Å². The van der Waals surface area contributed by atoms with Gasteiger partial charge in [0.25, 0.3) is 5.78 Å². The van der Waals surface area contributed by atoms with Gasteiger partial charge in [0.2, 0.25) is 0 Å². The number of aliphatic hydroxyl groups excluding tert-OH is 1. The molecular formula is C29H29N3O7S. The molecule has 1 amide bonds. The van der Waals surface area contributed by atoms with Gasteiger partial charge in [-0.15, -0.1) is 0 Å². The minimum absolute atomic E-state index is 0.00854. The van der Waals surface area contributed by atoms with Gasteiger partial charge in [-0.1, -0.05) is 37.0 Å². The van der Waals surface area contributed by atoms with E-state index in [0.717, 1.165) is 17.8 Å². The molecule has 0 aliphatic carbocycles. The molecule has 3 heterocycles. The number of aromatic nitrogens is 2. The second-order valence-electron chi connectivity index (χ2n) is 8.69.